The summed E-state index contributed by atoms with van der Waals surface area (Å²) in [6, 6.07) is -0.471. The Morgan fingerprint density at radius 3 is 2.89 bits per heavy atom. The molecule has 0 spiro atoms. The highest BCUT2D eigenvalue weighted by Gasteiger charge is 2.60. The maximum Gasteiger partial charge on any atom is 0.406 e. The van der Waals surface area contributed by atoms with Gasteiger partial charge >= 0.3 is 13.7 Å². The van der Waals surface area contributed by atoms with E-state index in [1.54, 1.807) is 18.4 Å². The molecule has 37 heavy (non-hydrogen) atoms. The molecule has 0 amide bonds. The van der Waals surface area contributed by atoms with E-state index in [0.717, 1.165) is 25.7 Å². The van der Waals surface area contributed by atoms with Gasteiger partial charge in [0.1, 0.15) is 23.7 Å². The van der Waals surface area contributed by atoms with Crippen molar-refractivity contribution in [1.29, 1.82) is 0 Å². The molecule has 15 heteroatoms. The molecule has 3 N–H and O–H groups in total. The SMILES string of the molecule is CCOc1nc(N)nc2c1ncn2[C@@H]1O[C@@H]2CO[P@@](=O)(N[C@@H](C)COC(=O)C3CCCC3)O[C@H]2[C@@]1(C)Cl. The van der Waals surface area contributed by atoms with Crippen molar-refractivity contribution in [2.45, 2.75) is 75.8 Å². The van der Waals surface area contributed by atoms with Crippen LogP contribution in [0.4, 0.5) is 5.95 Å². The molecule has 4 heterocycles. The monoisotopic (exact) mass is 558 g/mol. The van der Waals surface area contributed by atoms with E-state index in [1.165, 1.54) is 6.33 Å². The van der Waals surface area contributed by atoms with Crippen LogP contribution in [0.2, 0.25) is 0 Å². The molecule has 2 saturated heterocycles. The molecular weight excluding hydrogens is 527 g/mol. The van der Waals surface area contributed by atoms with Crippen LogP contribution in [0.15, 0.2) is 6.33 Å². The van der Waals surface area contributed by atoms with E-state index in [9.17, 15) is 9.36 Å². The number of nitrogens with one attached hydrogen (secondary N) is 1. The first-order valence-electron chi connectivity index (χ1n) is 12.5. The Labute approximate surface area is 219 Å². The Morgan fingerprint density at radius 2 is 2.16 bits per heavy atom. The van der Waals surface area contributed by atoms with E-state index < -0.39 is 37.1 Å². The maximum atomic E-state index is 13.5. The van der Waals surface area contributed by atoms with Gasteiger partial charge in [-0.25, -0.2) is 14.6 Å². The van der Waals surface area contributed by atoms with Crippen molar-refractivity contribution in [3.63, 3.8) is 0 Å². The molecule has 0 bridgehead atoms. The molecular formula is C22H32ClN6O7P. The zero-order valence-corrected chi connectivity index (χ0v) is 22.6. The molecule has 13 nitrogen and oxygen atoms in total. The van der Waals surface area contributed by atoms with Crippen LogP contribution >= 0.6 is 19.3 Å². The highest BCUT2D eigenvalue weighted by molar-refractivity contribution is 7.51. The number of alkyl halides is 1. The second kappa shape index (κ2) is 10.3. The molecule has 0 unspecified atom stereocenters. The molecule has 3 fully saturated rings. The van der Waals surface area contributed by atoms with Gasteiger partial charge in [-0.3, -0.25) is 18.4 Å². The number of ether oxygens (including phenoxy) is 3. The van der Waals surface area contributed by atoms with Crippen molar-refractivity contribution < 1.29 is 32.6 Å². The van der Waals surface area contributed by atoms with E-state index in [0.29, 0.717) is 17.8 Å². The molecule has 6 atom stereocenters. The fourth-order valence-corrected chi connectivity index (χ4v) is 7.25. The third-order valence-corrected chi connectivity index (χ3v) is 8.98. The minimum Gasteiger partial charge on any atom is -0.476 e. The summed E-state index contributed by atoms with van der Waals surface area (Å²) in [5, 5.41) is 2.85. The van der Waals surface area contributed by atoms with Gasteiger partial charge in [0.25, 0.3) is 0 Å². The standard InChI is InChI=1S/C22H32ClN6O7P/c1-4-32-18-15-17(26-21(24)27-18)29(11-25-15)20-22(3,23)16-14(35-20)10-34-37(31,36-16)28-12(2)9-33-19(30)13-7-5-6-8-13/h11-14,16,20H,4-10H2,1-3H3,(H,28,31)(H2,24,26,27)/t12-,14+,16+,20+,22+,37-/m0/s1. The lowest BCUT2D eigenvalue weighted by Gasteiger charge is -2.36. The van der Waals surface area contributed by atoms with Crippen LogP contribution < -0.4 is 15.6 Å². The Balaban J connectivity index is 1.29. The lowest BCUT2D eigenvalue weighted by Crippen LogP contribution is -2.46. The smallest absolute Gasteiger partial charge is 0.406 e. The van der Waals surface area contributed by atoms with E-state index in [1.807, 2.05) is 6.92 Å². The van der Waals surface area contributed by atoms with E-state index >= 15 is 0 Å². The van der Waals surface area contributed by atoms with Gasteiger partial charge in [-0.1, -0.05) is 12.8 Å². The first-order valence-corrected chi connectivity index (χ1v) is 14.4. The summed E-state index contributed by atoms with van der Waals surface area (Å²) in [5.41, 5.74) is 6.68. The molecule has 1 saturated carbocycles. The number of imidazole rings is 1. The van der Waals surface area contributed by atoms with Crippen LogP contribution in [0.25, 0.3) is 11.2 Å². The van der Waals surface area contributed by atoms with Crippen LogP contribution in [0.3, 0.4) is 0 Å². The minimum atomic E-state index is -3.78. The van der Waals surface area contributed by atoms with Crippen molar-refractivity contribution in [3.05, 3.63) is 6.33 Å². The summed E-state index contributed by atoms with van der Waals surface area (Å²) in [5.74, 6) is -0.00774. The Hall–Kier alpha value is -2.02. The number of hydrogen-bond donors (Lipinski definition) is 2. The average molecular weight is 559 g/mol. The molecule has 204 valence electrons. The summed E-state index contributed by atoms with van der Waals surface area (Å²) in [7, 11) is -3.78. The predicted octanol–water partition coefficient (Wildman–Crippen LogP) is 2.94. The fourth-order valence-electron chi connectivity index (χ4n) is 5.04. The highest BCUT2D eigenvalue weighted by atomic mass is 35.5. The van der Waals surface area contributed by atoms with Crippen molar-refractivity contribution in [2.75, 3.05) is 25.6 Å². The van der Waals surface area contributed by atoms with Crippen LogP contribution in [0.5, 0.6) is 5.88 Å². The predicted molar refractivity (Wildman–Crippen MR) is 133 cm³/mol. The van der Waals surface area contributed by atoms with Crippen LogP contribution in [0, 0.1) is 5.92 Å². The normalized spacial score (nSPS) is 32.9. The van der Waals surface area contributed by atoms with Gasteiger partial charge in [0.05, 0.1) is 25.5 Å². The van der Waals surface area contributed by atoms with E-state index in [4.69, 9.17) is 40.6 Å². The molecule has 0 aromatic carbocycles. The maximum absolute atomic E-state index is 13.5. The first kappa shape index (κ1) is 26.6. The number of nitrogen functional groups attached to an aromatic ring is 1. The van der Waals surface area contributed by atoms with Crippen LogP contribution in [-0.2, 0) is 27.9 Å². The number of nitrogens with two attached hydrogens (primary N) is 1. The number of esters is 1. The summed E-state index contributed by atoms with van der Waals surface area (Å²) in [4.78, 5) is 23.8. The number of hydrogen-bond acceptors (Lipinski definition) is 11. The van der Waals surface area contributed by atoms with Crippen LogP contribution in [0.1, 0.15) is 52.7 Å². The van der Waals surface area contributed by atoms with Crippen molar-refractivity contribution in [1.82, 2.24) is 24.6 Å². The number of fused-ring (bicyclic) bond motifs is 2. The van der Waals surface area contributed by atoms with Gasteiger partial charge in [-0.05, 0) is 33.6 Å². The number of aromatic nitrogens is 4. The van der Waals surface area contributed by atoms with Gasteiger partial charge in [0.2, 0.25) is 11.8 Å². The first-order chi connectivity index (χ1) is 17.6. The highest BCUT2D eigenvalue weighted by Crippen LogP contribution is 2.57. The molecule has 0 radical (unpaired) electrons. The Morgan fingerprint density at radius 1 is 1.41 bits per heavy atom. The quantitative estimate of drug-likeness (QED) is 0.277. The lowest BCUT2D eigenvalue weighted by molar-refractivity contribution is -0.148. The molecule has 2 aromatic heterocycles. The summed E-state index contributed by atoms with van der Waals surface area (Å²) < 4.78 is 43.8. The van der Waals surface area contributed by atoms with Crippen molar-refractivity contribution >= 4 is 42.4 Å². The van der Waals surface area contributed by atoms with Crippen molar-refractivity contribution in [3.8, 4) is 5.88 Å². The molecule has 5 rings (SSSR count). The van der Waals surface area contributed by atoms with Gasteiger partial charge in [0.15, 0.2) is 17.4 Å². The Kier molecular flexibility index (Phi) is 7.38. The van der Waals surface area contributed by atoms with Gasteiger partial charge < -0.3 is 19.9 Å². The number of anilines is 1. The molecule has 1 aliphatic carbocycles. The number of carbonyl (C=O) groups is 1. The summed E-state index contributed by atoms with van der Waals surface area (Å²) in [6.45, 7) is 5.70. The molecule has 3 aliphatic rings. The third-order valence-electron chi connectivity index (χ3n) is 6.82. The number of carbonyl (C=O) groups excluding carboxylic acids is 1. The van der Waals surface area contributed by atoms with Gasteiger partial charge in [-0.2, -0.15) is 9.97 Å². The summed E-state index contributed by atoms with van der Waals surface area (Å²) in [6.07, 6.45) is 3.11. The van der Waals surface area contributed by atoms with E-state index in [-0.39, 0.29) is 36.9 Å². The molecule has 2 aromatic rings. The Bertz CT molecular complexity index is 1210. The zero-order chi connectivity index (χ0) is 26.4. The number of halogens is 1. The van der Waals surface area contributed by atoms with E-state index in [2.05, 4.69) is 20.0 Å². The van der Waals surface area contributed by atoms with Crippen LogP contribution in [-0.4, -0.2) is 68.4 Å². The average Bonchev–Trinajstić information content (AvgIpc) is 3.57. The second-order valence-electron chi connectivity index (χ2n) is 9.78. The molecule has 2 aliphatic heterocycles. The van der Waals surface area contributed by atoms with Gasteiger partial charge in [-0.15, -0.1) is 11.6 Å². The minimum absolute atomic E-state index is 0.0142. The summed E-state index contributed by atoms with van der Waals surface area (Å²) >= 11 is 7.00. The van der Waals surface area contributed by atoms with Gasteiger partial charge in [0, 0.05) is 6.04 Å². The fraction of sp³-hybridized carbons (Fsp3) is 0.727. The number of nitrogens with zero attached hydrogens (tertiary/aromatic N) is 4. The topological polar surface area (TPSA) is 162 Å². The third kappa shape index (κ3) is 5.17. The zero-order valence-electron chi connectivity index (χ0n) is 21.0. The largest absolute Gasteiger partial charge is 0.476 e. The van der Waals surface area contributed by atoms with Crippen molar-refractivity contribution in [2.24, 2.45) is 5.92 Å². The lowest BCUT2D eigenvalue weighted by atomic mass is 10.0. The number of rotatable bonds is 8. The second-order valence-corrected chi connectivity index (χ2v) is 12.3.